The smallest absolute Gasteiger partial charge is 0.237 e. The number of hydrogen-bond donors (Lipinski definition) is 1. The van der Waals surface area contributed by atoms with Gasteiger partial charge in [0.1, 0.15) is 0 Å². The molecule has 3 rings (SSSR count). The van der Waals surface area contributed by atoms with Gasteiger partial charge in [-0.1, -0.05) is 24.3 Å². The summed E-state index contributed by atoms with van der Waals surface area (Å²) in [4.78, 5) is 12.6. The van der Waals surface area contributed by atoms with Gasteiger partial charge in [-0.25, -0.2) is 0 Å². The molecule has 2 aromatic carbocycles. The van der Waals surface area contributed by atoms with Crippen molar-refractivity contribution in [3.63, 3.8) is 0 Å². The van der Waals surface area contributed by atoms with Gasteiger partial charge in [0, 0.05) is 17.0 Å². The Balaban J connectivity index is 1.66. The summed E-state index contributed by atoms with van der Waals surface area (Å²) in [7, 11) is 3.18. The van der Waals surface area contributed by atoms with Crippen LogP contribution in [0.1, 0.15) is 36.1 Å². The van der Waals surface area contributed by atoms with E-state index < -0.39 is 0 Å². The summed E-state index contributed by atoms with van der Waals surface area (Å²) < 4.78 is 10.5. The fraction of sp³-hybridized carbons (Fsp3) is 0.381. The van der Waals surface area contributed by atoms with E-state index in [0.29, 0.717) is 22.4 Å². The lowest BCUT2D eigenvalue weighted by atomic mass is 9.91. The minimum Gasteiger partial charge on any atom is -0.493 e. The molecule has 2 aromatic rings. The van der Waals surface area contributed by atoms with Crippen molar-refractivity contribution in [3.05, 3.63) is 53.6 Å². The van der Waals surface area contributed by atoms with E-state index in [1.165, 1.54) is 17.5 Å². The van der Waals surface area contributed by atoms with Crippen molar-refractivity contribution in [1.82, 2.24) is 0 Å². The second-order valence-electron chi connectivity index (χ2n) is 6.42. The lowest BCUT2D eigenvalue weighted by Gasteiger charge is -2.27. The first-order valence-electron chi connectivity index (χ1n) is 8.88. The topological polar surface area (TPSA) is 47.6 Å². The third-order valence-corrected chi connectivity index (χ3v) is 6.14. The molecule has 0 saturated carbocycles. The molecular weight excluding hydrogens is 346 g/mol. The van der Waals surface area contributed by atoms with Crippen LogP contribution >= 0.6 is 11.8 Å². The normalized spacial score (nSPS) is 17.1. The Hall–Kier alpha value is -2.14. The van der Waals surface area contributed by atoms with Crippen molar-refractivity contribution >= 4 is 23.4 Å². The predicted molar refractivity (Wildman–Crippen MR) is 107 cm³/mol. The molecule has 138 valence electrons. The van der Waals surface area contributed by atoms with Crippen molar-refractivity contribution in [3.8, 4) is 11.5 Å². The van der Waals surface area contributed by atoms with Crippen LogP contribution in [0.15, 0.2) is 42.5 Å². The van der Waals surface area contributed by atoms with Gasteiger partial charge >= 0.3 is 0 Å². The molecular formula is C21H25NO3S. The maximum Gasteiger partial charge on any atom is 0.237 e. The molecule has 2 unspecified atom stereocenters. The van der Waals surface area contributed by atoms with Crippen LogP contribution in [0.2, 0.25) is 0 Å². The number of nitrogens with one attached hydrogen (secondary N) is 1. The zero-order valence-corrected chi connectivity index (χ0v) is 16.3. The Morgan fingerprint density at radius 2 is 1.92 bits per heavy atom. The molecule has 0 bridgehead atoms. The summed E-state index contributed by atoms with van der Waals surface area (Å²) >= 11 is 1.74. The molecule has 0 saturated heterocycles. The highest BCUT2D eigenvalue weighted by atomic mass is 32.2. The minimum absolute atomic E-state index is 0.00488. The molecule has 1 N–H and O–H groups in total. The second kappa shape index (κ2) is 8.49. The zero-order chi connectivity index (χ0) is 18.5. The number of ether oxygens (including phenoxy) is 2. The molecule has 26 heavy (non-hydrogen) atoms. The number of fused-ring (bicyclic) bond motifs is 1. The summed E-state index contributed by atoms with van der Waals surface area (Å²) in [5, 5.41) is 3.23. The fourth-order valence-electron chi connectivity index (χ4n) is 3.32. The molecule has 0 aromatic heterocycles. The van der Waals surface area contributed by atoms with Gasteiger partial charge in [0.25, 0.3) is 0 Å². The Morgan fingerprint density at radius 3 is 2.69 bits per heavy atom. The predicted octanol–water partition coefficient (Wildman–Crippen LogP) is 4.84. The Labute approximate surface area is 159 Å². The van der Waals surface area contributed by atoms with E-state index >= 15 is 0 Å². The minimum atomic E-state index is -0.140. The van der Waals surface area contributed by atoms with E-state index in [4.69, 9.17) is 9.47 Å². The standard InChI is InChI=1S/C21H25NO3S/c1-14(26-20-10-6-8-15-7-4-5-9-17(15)20)21(23)22-16-11-12-18(24-2)19(13-16)25-3/h4-5,7,9,11-14,20H,6,8,10H2,1-3H3,(H,22,23). The fourth-order valence-corrected chi connectivity index (χ4v) is 4.67. The van der Waals surface area contributed by atoms with Crippen molar-refractivity contribution in [2.45, 2.75) is 36.7 Å². The average Bonchev–Trinajstić information content (AvgIpc) is 2.68. The van der Waals surface area contributed by atoms with Gasteiger partial charge < -0.3 is 14.8 Å². The molecule has 2 atom stereocenters. The summed E-state index contributed by atoms with van der Waals surface area (Å²) in [5.74, 6) is 1.25. The molecule has 4 nitrogen and oxygen atoms in total. The van der Waals surface area contributed by atoms with Crippen LogP contribution in [0.4, 0.5) is 5.69 Å². The molecule has 0 aliphatic heterocycles. The first-order valence-corrected chi connectivity index (χ1v) is 9.82. The average molecular weight is 372 g/mol. The molecule has 5 heteroatoms. The first-order chi connectivity index (χ1) is 12.6. The van der Waals surface area contributed by atoms with Gasteiger partial charge in [-0.15, -0.1) is 11.8 Å². The van der Waals surface area contributed by atoms with Gasteiger partial charge in [-0.05, 0) is 49.4 Å². The van der Waals surface area contributed by atoms with Crippen LogP contribution in [0, 0.1) is 0 Å². The number of methoxy groups -OCH3 is 2. The highest BCUT2D eigenvalue weighted by Crippen LogP contribution is 2.41. The summed E-state index contributed by atoms with van der Waals surface area (Å²) in [6.45, 7) is 1.97. The van der Waals surface area contributed by atoms with Crippen LogP contribution in [0.25, 0.3) is 0 Å². The van der Waals surface area contributed by atoms with E-state index in [1.807, 2.05) is 13.0 Å². The molecule has 1 aliphatic rings. The third kappa shape index (κ3) is 4.15. The Morgan fingerprint density at radius 1 is 1.15 bits per heavy atom. The number of carbonyl (C=O) groups is 1. The summed E-state index contributed by atoms with van der Waals surface area (Å²) in [5.41, 5.74) is 3.52. The maximum atomic E-state index is 12.6. The van der Waals surface area contributed by atoms with Gasteiger partial charge in [0.2, 0.25) is 5.91 Å². The number of aryl methyl sites for hydroxylation is 1. The molecule has 0 fully saturated rings. The van der Waals surface area contributed by atoms with Gasteiger partial charge in [0.05, 0.1) is 19.5 Å². The van der Waals surface area contributed by atoms with Crippen molar-refractivity contribution < 1.29 is 14.3 Å². The van der Waals surface area contributed by atoms with E-state index in [2.05, 4.69) is 29.6 Å². The van der Waals surface area contributed by atoms with Gasteiger partial charge in [-0.2, -0.15) is 0 Å². The SMILES string of the molecule is COc1ccc(NC(=O)C(C)SC2CCCc3ccccc32)cc1OC. The highest BCUT2D eigenvalue weighted by Gasteiger charge is 2.25. The molecule has 0 spiro atoms. The van der Waals surface area contributed by atoms with E-state index in [9.17, 15) is 4.79 Å². The molecule has 0 heterocycles. The first kappa shape index (κ1) is 18.6. The number of carbonyl (C=O) groups excluding carboxylic acids is 1. The van der Waals surface area contributed by atoms with E-state index in [-0.39, 0.29) is 11.2 Å². The van der Waals surface area contributed by atoms with Crippen LogP contribution in [0.3, 0.4) is 0 Å². The maximum absolute atomic E-state index is 12.6. The van der Waals surface area contributed by atoms with Crippen LogP contribution in [-0.4, -0.2) is 25.4 Å². The molecule has 1 amide bonds. The largest absolute Gasteiger partial charge is 0.493 e. The number of anilines is 1. The van der Waals surface area contributed by atoms with Gasteiger partial charge in [0.15, 0.2) is 11.5 Å². The van der Waals surface area contributed by atoms with Crippen LogP contribution in [0.5, 0.6) is 11.5 Å². The second-order valence-corrected chi connectivity index (χ2v) is 7.97. The Kier molecular flexibility index (Phi) is 6.09. The summed E-state index contributed by atoms with van der Waals surface area (Å²) in [6, 6.07) is 14.0. The van der Waals surface area contributed by atoms with Crippen molar-refractivity contribution in [2.24, 2.45) is 0 Å². The lowest BCUT2D eigenvalue weighted by Crippen LogP contribution is -2.24. The van der Waals surface area contributed by atoms with Crippen molar-refractivity contribution in [2.75, 3.05) is 19.5 Å². The van der Waals surface area contributed by atoms with E-state index in [0.717, 1.165) is 12.8 Å². The number of rotatable bonds is 6. The highest BCUT2D eigenvalue weighted by molar-refractivity contribution is 8.00. The number of hydrogen-bond acceptors (Lipinski definition) is 4. The monoisotopic (exact) mass is 371 g/mol. The Bertz CT molecular complexity index is 778. The number of thioether (sulfide) groups is 1. The van der Waals surface area contributed by atoms with Crippen molar-refractivity contribution in [1.29, 1.82) is 0 Å². The third-order valence-electron chi connectivity index (χ3n) is 4.70. The lowest BCUT2D eigenvalue weighted by molar-refractivity contribution is -0.115. The molecule has 0 radical (unpaired) electrons. The quantitative estimate of drug-likeness (QED) is 0.789. The van der Waals surface area contributed by atoms with Gasteiger partial charge in [-0.3, -0.25) is 4.79 Å². The van der Waals surface area contributed by atoms with Crippen LogP contribution < -0.4 is 14.8 Å². The van der Waals surface area contributed by atoms with Crippen LogP contribution in [-0.2, 0) is 11.2 Å². The molecule has 1 aliphatic carbocycles. The summed E-state index contributed by atoms with van der Waals surface area (Å²) in [6.07, 6.45) is 3.44. The zero-order valence-electron chi connectivity index (χ0n) is 15.5. The number of benzene rings is 2. The van der Waals surface area contributed by atoms with E-state index in [1.54, 1.807) is 38.1 Å². The number of amides is 1.